The summed E-state index contributed by atoms with van der Waals surface area (Å²) in [5.41, 5.74) is 6.41. The molecule has 0 bridgehead atoms. The molecule has 1 aromatic rings. The van der Waals surface area contributed by atoms with Crippen molar-refractivity contribution in [1.29, 1.82) is 0 Å². The summed E-state index contributed by atoms with van der Waals surface area (Å²) in [6.07, 6.45) is 1.65. The number of pyridine rings is 1. The van der Waals surface area contributed by atoms with Crippen LogP contribution in [0.15, 0.2) is 16.7 Å². The number of carboxylic acid groups (broad SMARTS) is 1. The molecule has 0 saturated carbocycles. The molecule has 0 aromatic carbocycles. The number of anilines is 1. The van der Waals surface area contributed by atoms with Gasteiger partial charge < -0.3 is 10.8 Å². The van der Waals surface area contributed by atoms with Crippen molar-refractivity contribution in [3.8, 4) is 0 Å². The Morgan fingerprint density at radius 2 is 2.43 bits per heavy atom. The summed E-state index contributed by atoms with van der Waals surface area (Å²) < 4.78 is 0.805. The monoisotopic (exact) mass is 258 g/mol. The number of rotatable bonds is 3. The number of carboxylic acids is 1. The van der Waals surface area contributed by atoms with E-state index < -0.39 is 5.97 Å². The Bertz CT molecular complexity index is 355. The van der Waals surface area contributed by atoms with E-state index in [-0.39, 0.29) is 12.3 Å². The van der Waals surface area contributed by atoms with E-state index >= 15 is 0 Å². The van der Waals surface area contributed by atoms with Crippen molar-refractivity contribution in [2.24, 2.45) is 0 Å². The van der Waals surface area contributed by atoms with Gasteiger partial charge in [0.1, 0.15) is 5.82 Å². The third kappa shape index (κ3) is 2.70. The van der Waals surface area contributed by atoms with Crippen molar-refractivity contribution in [2.45, 2.75) is 19.3 Å². The van der Waals surface area contributed by atoms with E-state index in [1.54, 1.807) is 12.3 Å². The normalized spacial score (nSPS) is 12.4. The molecule has 0 spiro atoms. The zero-order valence-electron chi connectivity index (χ0n) is 7.70. The number of carbonyl (C=O) groups is 1. The third-order valence-electron chi connectivity index (χ3n) is 1.93. The zero-order chi connectivity index (χ0) is 10.7. The summed E-state index contributed by atoms with van der Waals surface area (Å²) in [7, 11) is 0. The number of nitrogen functional groups attached to an aromatic ring is 1. The minimum absolute atomic E-state index is 0.0579. The van der Waals surface area contributed by atoms with E-state index in [4.69, 9.17) is 10.8 Å². The molecule has 1 atom stereocenters. The molecule has 76 valence electrons. The average Bonchev–Trinajstić information content (AvgIpc) is 2.08. The van der Waals surface area contributed by atoms with E-state index in [2.05, 4.69) is 20.9 Å². The Hall–Kier alpha value is -1.10. The van der Waals surface area contributed by atoms with Crippen molar-refractivity contribution in [3.63, 3.8) is 0 Å². The van der Waals surface area contributed by atoms with Crippen LogP contribution in [-0.4, -0.2) is 16.1 Å². The molecule has 0 aliphatic heterocycles. The molecule has 0 saturated heterocycles. The maximum Gasteiger partial charge on any atom is 0.303 e. The van der Waals surface area contributed by atoms with E-state index in [9.17, 15) is 4.79 Å². The summed E-state index contributed by atoms with van der Waals surface area (Å²) in [6, 6.07) is 1.80. The van der Waals surface area contributed by atoms with Crippen LogP contribution < -0.4 is 5.73 Å². The van der Waals surface area contributed by atoms with E-state index in [1.165, 1.54) is 0 Å². The standard InChI is InChI=1S/C9H11BrN2O2/c1-5(2-8(13)14)7-3-6(10)4-12-9(7)11/h3-5H,2H2,1H3,(H2,11,12)(H,13,14). The molecule has 4 nitrogen and oxygen atoms in total. The summed E-state index contributed by atoms with van der Waals surface area (Å²) in [4.78, 5) is 14.5. The highest BCUT2D eigenvalue weighted by Crippen LogP contribution is 2.25. The van der Waals surface area contributed by atoms with Crippen LogP contribution in [0, 0.1) is 0 Å². The fraction of sp³-hybridized carbons (Fsp3) is 0.333. The first-order valence-electron chi connectivity index (χ1n) is 4.13. The van der Waals surface area contributed by atoms with Crippen LogP contribution in [-0.2, 0) is 4.79 Å². The quantitative estimate of drug-likeness (QED) is 0.870. The van der Waals surface area contributed by atoms with Gasteiger partial charge in [0, 0.05) is 10.7 Å². The molecule has 0 aliphatic carbocycles. The van der Waals surface area contributed by atoms with E-state index in [1.807, 2.05) is 6.92 Å². The number of nitrogens with two attached hydrogens (primary N) is 1. The van der Waals surface area contributed by atoms with Gasteiger partial charge in [-0.15, -0.1) is 0 Å². The Morgan fingerprint density at radius 1 is 1.79 bits per heavy atom. The highest BCUT2D eigenvalue weighted by molar-refractivity contribution is 9.10. The Morgan fingerprint density at radius 3 is 3.00 bits per heavy atom. The number of aromatic nitrogens is 1. The third-order valence-corrected chi connectivity index (χ3v) is 2.36. The molecular formula is C9H11BrN2O2. The fourth-order valence-electron chi connectivity index (χ4n) is 1.23. The van der Waals surface area contributed by atoms with Gasteiger partial charge in [0.05, 0.1) is 6.42 Å². The van der Waals surface area contributed by atoms with Gasteiger partial charge in [-0.3, -0.25) is 4.79 Å². The number of nitrogens with zero attached hydrogens (tertiary/aromatic N) is 1. The number of hydrogen-bond donors (Lipinski definition) is 2. The van der Waals surface area contributed by atoms with Crippen molar-refractivity contribution in [3.05, 3.63) is 22.3 Å². The molecule has 5 heteroatoms. The molecular weight excluding hydrogens is 248 g/mol. The van der Waals surface area contributed by atoms with Gasteiger partial charge in [-0.05, 0) is 33.5 Å². The van der Waals surface area contributed by atoms with Crippen molar-refractivity contribution >= 4 is 27.7 Å². The SMILES string of the molecule is CC(CC(=O)O)c1cc(Br)cnc1N. The van der Waals surface area contributed by atoms with Crippen LogP contribution in [0.25, 0.3) is 0 Å². The second-order valence-corrected chi connectivity index (χ2v) is 4.04. The summed E-state index contributed by atoms with van der Waals surface area (Å²) in [5.74, 6) is -0.573. The largest absolute Gasteiger partial charge is 0.481 e. The first kappa shape index (κ1) is 11.0. The number of aliphatic carboxylic acids is 1. The molecule has 14 heavy (non-hydrogen) atoms. The van der Waals surface area contributed by atoms with Crippen LogP contribution in [0.3, 0.4) is 0 Å². The van der Waals surface area contributed by atoms with Crippen LogP contribution in [0.2, 0.25) is 0 Å². The molecule has 0 aliphatic rings. The first-order chi connectivity index (χ1) is 6.50. The summed E-state index contributed by atoms with van der Waals surface area (Å²) in [5, 5.41) is 8.63. The predicted molar refractivity (Wildman–Crippen MR) is 57.0 cm³/mol. The predicted octanol–water partition coefficient (Wildman–Crippen LogP) is 2.00. The highest BCUT2D eigenvalue weighted by Gasteiger charge is 2.13. The van der Waals surface area contributed by atoms with Gasteiger partial charge in [-0.2, -0.15) is 0 Å². The highest BCUT2D eigenvalue weighted by atomic mass is 79.9. The maximum atomic E-state index is 10.5. The van der Waals surface area contributed by atoms with Crippen molar-refractivity contribution in [2.75, 3.05) is 5.73 Å². The minimum Gasteiger partial charge on any atom is -0.481 e. The van der Waals surface area contributed by atoms with Gasteiger partial charge >= 0.3 is 5.97 Å². The molecule has 0 radical (unpaired) electrons. The molecule has 1 unspecified atom stereocenters. The molecule has 0 fully saturated rings. The van der Waals surface area contributed by atoms with Gasteiger partial charge in [-0.1, -0.05) is 6.92 Å². The van der Waals surface area contributed by atoms with Gasteiger partial charge in [0.25, 0.3) is 0 Å². The summed E-state index contributed by atoms with van der Waals surface area (Å²) in [6.45, 7) is 1.81. The Labute approximate surface area is 90.3 Å². The molecule has 3 N–H and O–H groups in total. The van der Waals surface area contributed by atoms with Crippen molar-refractivity contribution < 1.29 is 9.90 Å². The number of hydrogen-bond acceptors (Lipinski definition) is 3. The van der Waals surface area contributed by atoms with Crippen LogP contribution in [0.5, 0.6) is 0 Å². The zero-order valence-corrected chi connectivity index (χ0v) is 9.28. The average molecular weight is 259 g/mol. The molecule has 1 rings (SSSR count). The second-order valence-electron chi connectivity index (χ2n) is 3.13. The lowest BCUT2D eigenvalue weighted by Crippen LogP contribution is -2.06. The Kier molecular flexibility index (Phi) is 3.46. The lowest BCUT2D eigenvalue weighted by Gasteiger charge is -2.11. The Balaban J connectivity index is 2.93. The number of halogens is 1. The van der Waals surface area contributed by atoms with Crippen molar-refractivity contribution in [1.82, 2.24) is 4.98 Å². The van der Waals surface area contributed by atoms with Gasteiger partial charge in [0.2, 0.25) is 0 Å². The molecule has 1 aromatic heterocycles. The van der Waals surface area contributed by atoms with Gasteiger partial charge in [-0.25, -0.2) is 4.98 Å². The fourth-order valence-corrected chi connectivity index (χ4v) is 1.58. The van der Waals surface area contributed by atoms with Gasteiger partial charge in [0.15, 0.2) is 0 Å². The first-order valence-corrected chi connectivity index (χ1v) is 4.92. The second kappa shape index (κ2) is 4.41. The maximum absolute atomic E-state index is 10.5. The van der Waals surface area contributed by atoms with E-state index in [0.717, 1.165) is 10.0 Å². The van der Waals surface area contributed by atoms with Crippen LogP contribution in [0.4, 0.5) is 5.82 Å². The topological polar surface area (TPSA) is 76.2 Å². The van der Waals surface area contributed by atoms with Crippen LogP contribution >= 0.6 is 15.9 Å². The minimum atomic E-state index is -0.836. The van der Waals surface area contributed by atoms with Crippen LogP contribution in [0.1, 0.15) is 24.8 Å². The lowest BCUT2D eigenvalue weighted by atomic mass is 9.99. The lowest BCUT2D eigenvalue weighted by molar-refractivity contribution is -0.137. The molecule has 1 heterocycles. The smallest absolute Gasteiger partial charge is 0.303 e. The van der Waals surface area contributed by atoms with E-state index in [0.29, 0.717) is 5.82 Å². The molecule has 0 amide bonds. The summed E-state index contributed by atoms with van der Waals surface area (Å²) >= 11 is 3.27.